The minimum Gasteiger partial charge on any atom is -0.339 e. The highest BCUT2D eigenvalue weighted by atomic mass is 16.8. The average Bonchev–Trinajstić information content (AvgIpc) is 2.20. The second kappa shape index (κ2) is 5.10. The smallest absolute Gasteiger partial charge is 0.309 e. The zero-order chi connectivity index (χ0) is 10.4. The number of hydrogen-bond acceptors (Lipinski definition) is 3. The first-order valence-corrected chi connectivity index (χ1v) is 4.78. The first kappa shape index (κ1) is 11.2. The van der Waals surface area contributed by atoms with Crippen molar-refractivity contribution in [3.8, 4) is 0 Å². The van der Waals surface area contributed by atoms with Crippen molar-refractivity contribution in [1.29, 1.82) is 0 Å². The van der Waals surface area contributed by atoms with E-state index in [-0.39, 0.29) is 0 Å². The maximum atomic E-state index is 10.0. The summed E-state index contributed by atoms with van der Waals surface area (Å²) in [5.41, 5.74) is 0.615. The van der Waals surface area contributed by atoms with E-state index in [4.69, 9.17) is 9.47 Å². The Morgan fingerprint density at radius 1 is 1.07 bits per heavy atom. The van der Waals surface area contributed by atoms with Crippen LogP contribution in [0.25, 0.3) is 0 Å². The molecule has 0 saturated heterocycles. The van der Waals surface area contributed by atoms with E-state index in [1.54, 1.807) is 12.1 Å². The highest BCUT2D eigenvalue weighted by Crippen LogP contribution is 2.23. The Morgan fingerprint density at radius 3 is 2.00 bits per heavy atom. The second-order valence-corrected chi connectivity index (χ2v) is 2.81. The monoisotopic (exact) mass is 196 g/mol. The maximum Gasteiger partial charge on any atom is 0.309 e. The molecule has 0 saturated carbocycles. The van der Waals surface area contributed by atoms with E-state index >= 15 is 0 Å². The summed E-state index contributed by atoms with van der Waals surface area (Å²) < 4.78 is 10.4. The normalized spacial score (nSPS) is 11.6. The van der Waals surface area contributed by atoms with E-state index in [2.05, 4.69) is 0 Å². The SMILES string of the molecule is CCOC(O)(OCC)c1ccccc1. The molecule has 0 aliphatic rings. The van der Waals surface area contributed by atoms with Gasteiger partial charge in [-0.2, -0.15) is 0 Å². The standard InChI is InChI=1S/C11H16O3/c1-3-13-11(12,14-4-2)10-8-6-5-7-9-10/h5-9,12H,3-4H2,1-2H3. The van der Waals surface area contributed by atoms with Crippen LogP contribution in [0.2, 0.25) is 0 Å². The number of aliphatic hydroxyl groups is 1. The third-order valence-corrected chi connectivity index (χ3v) is 1.82. The summed E-state index contributed by atoms with van der Waals surface area (Å²) in [4.78, 5) is 0. The fraction of sp³-hybridized carbons (Fsp3) is 0.455. The van der Waals surface area contributed by atoms with Crippen molar-refractivity contribution < 1.29 is 14.6 Å². The largest absolute Gasteiger partial charge is 0.339 e. The van der Waals surface area contributed by atoms with Gasteiger partial charge < -0.3 is 14.6 Å². The summed E-state index contributed by atoms with van der Waals surface area (Å²) in [6, 6.07) is 9.08. The van der Waals surface area contributed by atoms with E-state index < -0.39 is 5.97 Å². The Bertz CT molecular complexity index is 252. The fourth-order valence-electron chi connectivity index (χ4n) is 1.25. The summed E-state index contributed by atoms with van der Waals surface area (Å²) in [6.45, 7) is 4.41. The van der Waals surface area contributed by atoms with Crippen molar-refractivity contribution in [3.05, 3.63) is 35.9 Å². The summed E-state index contributed by atoms with van der Waals surface area (Å²) >= 11 is 0. The molecule has 14 heavy (non-hydrogen) atoms. The lowest BCUT2D eigenvalue weighted by Gasteiger charge is -2.27. The predicted octanol–water partition coefficient (Wildman–Crippen LogP) is 1.86. The lowest BCUT2D eigenvalue weighted by molar-refractivity contribution is -0.370. The molecular weight excluding hydrogens is 180 g/mol. The predicted molar refractivity (Wildman–Crippen MR) is 53.6 cm³/mol. The lowest BCUT2D eigenvalue weighted by atomic mass is 10.2. The van der Waals surface area contributed by atoms with Gasteiger partial charge in [-0.1, -0.05) is 30.3 Å². The van der Waals surface area contributed by atoms with Crippen molar-refractivity contribution in [2.24, 2.45) is 0 Å². The van der Waals surface area contributed by atoms with Gasteiger partial charge in [0.05, 0.1) is 0 Å². The molecule has 0 aromatic heterocycles. The zero-order valence-corrected chi connectivity index (χ0v) is 8.56. The summed E-state index contributed by atoms with van der Waals surface area (Å²) in [5.74, 6) is -1.61. The van der Waals surface area contributed by atoms with Crippen LogP contribution in [0.1, 0.15) is 19.4 Å². The molecule has 0 atom stereocenters. The second-order valence-electron chi connectivity index (χ2n) is 2.81. The van der Waals surface area contributed by atoms with Gasteiger partial charge >= 0.3 is 5.97 Å². The summed E-state index contributed by atoms with van der Waals surface area (Å²) in [7, 11) is 0. The molecule has 0 heterocycles. The van der Waals surface area contributed by atoms with Gasteiger partial charge in [-0.15, -0.1) is 0 Å². The molecule has 0 aliphatic heterocycles. The van der Waals surface area contributed by atoms with Gasteiger partial charge in [0.2, 0.25) is 0 Å². The molecule has 3 nitrogen and oxygen atoms in total. The van der Waals surface area contributed by atoms with Crippen molar-refractivity contribution in [3.63, 3.8) is 0 Å². The Kier molecular flexibility index (Phi) is 4.07. The van der Waals surface area contributed by atoms with Gasteiger partial charge in [-0.3, -0.25) is 0 Å². The minimum atomic E-state index is -1.61. The Hall–Kier alpha value is -0.900. The van der Waals surface area contributed by atoms with Crippen LogP contribution in [0.15, 0.2) is 30.3 Å². The van der Waals surface area contributed by atoms with Gasteiger partial charge in [-0.05, 0) is 13.8 Å². The Balaban J connectivity index is 2.87. The first-order chi connectivity index (χ1) is 6.73. The third kappa shape index (κ3) is 2.54. The maximum absolute atomic E-state index is 10.0. The molecule has 1 rings (SSSR count). The molecular formula is C11H16O3. The van der Waals surface area contributed by atoms with Crippen LogP contribution < -0.4 is 0 Å². The average molecular weight is 196 g/mol. The highest BCUT2D eigenvalue weighted by Gasteiger charge is 2.30. The van der Waals surface area contributed by atoms with Gasteiger partial charge in [0, 0.05) is 18.8 Å². The van der Waals surface area contributed by atoms with Crippen LogP contribution in [0, 0.1) is 0 Å². The van der Waals surface area contributed by atoms with Crippen molar-refractivity contribution in [2.75, 3.05) is 13.2 Å². The van der Waals surface area contributed by atoms with Crippen LogP contribution in [0.4, 0.5) is 0 Å². The van der Waals surface area contributed by atoms with Gasteiger partial charge in [-0.25, -0.2) is 0 Å². The molecule has 1 aromatic rings. The molecule has 3 heteroatoms. The molecule has 0 amide bonds. The summed E-state index contributed by atoms with van der Waals surface area (Å²) in [6.07, 6.45) is 0. The Labute approximate surface area is 84.3 Å². The van der Waals surface area contributed by atoms with Gasteiger partial charge in [0.25, 0.3) is 0 Å². The molecule has 1 N–H and O–H groups in total. The lowest BCUT2D eigenvalue weighted by Crippen LogP contribution is -2.32. The van der Waals surface area contributed by atoms with Crippen LogP contribution in [0.3, 0.4) is 0 Å². The van der Waals surface area contributed by atoms with Crippen LogP contribution in [0.5, 0.6) is 0 Å². The number of hydrogen-bond donors (Lipinski definition) is 1. The quantitative estimate of drug-likeness (QED) is 0.730. The number of benzene rings is 1. The van der Waals surface area contributed by atoms with Crippen molar-refractivity contribution in [2.45, 2.75) is 19.8 Å². The minimum absolute atomic E-state index is 0.394. The van der Waals surface area contributed by atoms with E-state index in [0.717, 1.165) is 0 Å². The van der Waals surface area contributed by atoms with E-state index in [1.807, 2.05) is 32.0 Å². The van der Waals surface area contributed by atoms with Crippen LogP contribution >= 0.6 is 0 Å². The van der Waals surface area contributed by atoms with Crippen molar-refractivity contribution >= 4 is 0 Å². The van der Waals surface area contributed by atoms with Crippen LogP contribution in [-0.4, -0.2) is 18.3 Å². The van der Waals surface area contributed by atoms with Gasteiger partial charge in [0.1, 0.15) is 0 Å². The molecule has 0 radical (unpaired) electrons. The first-order valence-electron chi connectivity index (χ1n) is 4.78. The molecule has 1 aromatic carbocycles. The highest BCUT2D eigenvalue weighted by molar-refractivity contribution is 5.17. The Morgan fingerprint density at radius 2 is 1.57 bits per heavy atom. The topological polar surface area (TPSA) is 38.7 Å². The number of rotatable bonds is 5. The van der Waals surface area contributed by atoms with E-state index in [1.165, 1.54) is 0 Å². The van der Waals surface area contributed by atoms with Gasteiger partial charge in [0.15, 0.2) is 0 Å². The van der Waals surface area contributed by atoms with E-state index in [0.29, 0.717) is 18.8 Å². The van der Waals surface area contributed by atoms with E-state index in [9.17, 15) is 5.11 Å². The fourth-order valence-corrected chi connectivity index (χ4v) is 1.25. The molecule has 78 valence electrons. The molecule has 0 aliphatic carbocycles. The molecule has 0 spiro atoms. The van der Waals surface area contributed by atoms with Crippen LogP contribution in [-0.2, 0) is 15.4 Å². The third-order valence-electron chi connectivity index (χ3n) is 1.82. The summed E-state index contributed by atoms with van der Waals surface area (Å²) in [5, 5.41) is 10.0. The zero-order valence-electron chi connectivity index (χ0n) is 8.56. The van der Waals surface area contributed by atoms with Crippen molar-refractivity contribution in [1.82, 2.24) is 0 Å². The molecule has 0 bridgehead atoms. The number of ether oxygens (including phenoxy) is 2. The molecule has 0 unspecified atom stereocenters. The molecule has 0 fully saturated rings.